The van der Waals surface area contributed by atoms with Crippen LogP contribution in [0, 0.1) is 0 Å². The Labute approximate surface area is 145 Å². The molecule has 0 aromatic carbocycles. The number of anilines is 1. The highest BCUT2D eigenvalue weighted by Gasteiger charge is 2.54. The molecule has 1 saturated heterocycles. The predicted octanol–water partition coefficient (Wildman–Crippen LogP) is 0.692. The van der Waals surface area contributed by atoms with Gasteiger partial charge in [-0.1, -0.05) is 19.8 Å². The Morgan fingerprint density at radius 3 is 2.83 bits per heavy atom. The molecule has 0 radical (unpaired) electrons. The highest BCUT2D eigenvalue weighted by atomic mass is 32.1. The number of ether oxygens (including phenoxy) is 1. The van der Waals surface area contributed by atoms with Gasteiger partial charge in [-0.05, 0) is 12.8 Å². The monoisotopic (exact) mass is 353 g/mol. The summed E-state index contributed by atoms with van der Waals surface area (Å²) in [5, 5.41) is 19.4. The first-order valence-corrected chi connectivity index (χ1v) is 8.65. The number of hydrogen-bond donors (Lipinski definition) is 4. The van der Waals surface area contributed by atoms with Crippen molar-refractivity contribution in [3.05, 3.63) is 12.7 Å². The number of hydrogen-bond acceptors (Lipinski definition) is 8. The number of aliphatic hydroxyl groups excluding tert-OH is 2. The van der Waals surface area contributed by atoms with E-state index in [1.54, 1.807) is 10.9 Å². The van der Waals surface area contributed by atoms with E-state index in [0.29, 0.717) is 17.6 Å². The van der Waals surface area contributed by atoms with Crippen LogP contribution in [0.3, 0.4) is 0 Å². The lowest BCUT2D eigenvalue weighted by Gasteiger charge is -2.34. The third-order valence-electron chi connectivity index (χ3n) is 4.61. The molecule has 8 nitrogen and oxygen atoms in total. The number of imidazole rings is 1. The molecule has 1 fully saturated rings. The van der Waals surface area contributed by atoms with Crippen LogP contribution in [-0.2, 0) is 10.5 Å². The van der Waals surface area contributed by atoms with Crippen molar-refractivity contribution < 1.29 is 14.9 Å². The van der Waals surface area contributed by atoms with Crippen molar-refractivity contribution in [1.82, 2.24) is 19.5 Å². The van der Waals surface area contributed by atoms with Crippen molar-refractivity contribution >= 4 is 29.6 Å². The minimum Gasteiger partial charge on any atom is -0.394 e. The summed E-state index contributed by atoms with van der Waals surface area (Å²) in [6, 6.07) is 0. The Hall–Kier alpha value is -1.42. The van der Waals surface area contributed by atoms with Gasteiger partial charge in [0.2, 0.25) is 0 Å². The van der Waals surface area contributed by atoms with Crippen molar-refractivity contribution in [2.45, 2.75) is 55.8 Å². The van der Waals surface area contributed by atoms with Crippen LogP contribution in [0.4, 0.5) is 5.82 Å². The van der Waals surface area contributed by atoms with Gasteiger partial charge in [0.05, 0.1) is 24.3 Å². The fourth-order valence-corrected chi connectivity index (χ4v) is 3.81. The number of aliphatic hydroxyl groups is 2. The topological polar surface area (TPSA) is 119 Å². The lowest BCUT2D eigenvalue weighted by molar-refractivity contribution is -0.119. The average Bonchev–Trinajstić information content (AvgIpc) is 3.12. The minimum absolute atomic E-state index is 0.280. The molecule has 3 heterocycles. The number of nitrogens with two attached hydrogens (primary N) is 1. The molecule has 3 rings (SSSR count). The SMILES string of the molecule is CCCCC[C@@]1(n2cnc3c(N)ncnc32)O[C@H](CO)[C@@H](O)[C@H]1S. The first kappa shape index (κ1) is 17.4. The maximum absolute atomic E-state index is 10.4. The minimum atomic E-state index is -0.944. The summed E-state index contributed by atoms with van der Waals surface area (Å²) >= 11 is 4.61. The molecule has 1 aliphatic rings. The van der Waals surface area contributed by atoms with Gasteiger partial charge in [0, 0.05) is 0 Å². The Morgan fingerprint density at radius 2 is 2.17 bits per heavy atom. The van der Waals surface area contributed by atoms with Gasteiger partial charge in [0.1, 0.15) is 17.9 Å². The van der Waals surface area contributed by atoms with Crippen molar-refractivity contribution in [3.8, 4) is 0 Å². The Balaban J connectivity index is 2.09. The van der Waals surface area contributed by atoms with Crippen LogP contribution in [0.15, 0.2) is 12.7 Å². The van der Waals surface area contributed by atoms with Crippen molar-refractivity contribution in [2.24, 2.45) is 0 Å². The summed E-state index contributed by atoms with van der Waals surface area (Å²) in [6.45, 7) is 1.84. The first-order chi connectivity index (χ1) is 11.5. The molecule has 0 amide bonds. The van der Waals surface area contributed by atoms with Gasteiger partial charge in [-0.15, -0.1) is 0 Å². The summed E-state index contributed by atoms with van der Waals surface area (Å²) in [5.41, 5.74) is 5.94. The average molecular weight is 353 g/mol. The fraction of sp³-hybridized carbons (Fsp3) is 0.667. The van der Waals surface area contributed by atoms with E-state index in [2.05, 4.69) is 34.5 Å². The number of thiol groups is 1. The highest BCUT2D eigenvalue weighted by Crippen LogP contribution is 2.44. The van der Waals surface area contributed by atoms with Crippen LogP contribution in [0.1, 0.15) is 32.6 Å². The van der Waals surface area contributed by atoms with Crippen LogP contribution >= 0.6 is 12.6 Å². The molecule has 0 spiro atoms. The second-order valence-corrected chi connectivity index (χ2v) is 6.68. The molecule has 4 N–H and O–H groups in total. The predicted molar refractivity (Wildman–Crippen MR) is 92.6 cm³/mol. The van der Waals surface area contributed by atoms with Crippen LogP contribution in [0.2, 0.25) is 0 Å². The zero-order valence-electron chi connectivity index (χ0n) is 13.5. The molecule has 132 valence electrons. The first-order valence-electron chi connectivity index (χ1n) is 8.14. The van der Waals surface area contributed by atoms with E-state index >= 15 is 0 Å². The van der Waals surface area contributed by atoms with E-state index in [9.17, 15) is 10.2 Å². The second-order valence-electron chi connectivity index (χ2n) is 6.12. The van der Waals surface area contributed by atoms with Gasteiger partial charge in [-0.2, -0.15) is 12.6 Å². The van der Waals surface area contributed by atoms with E-state index < -0.39 is 23.2 Å². The molecule has 9 heteroatoms. The maximum Gasteiger partial charge on any atom is 0.167 e. The van der Waals surface area contributed by atoms with Gasteiger partial charge >= 0.3 is 0 Å². The van der Waals surface area contributed by atoms with Gasteiger partial charge < -0.3 is 20.7 Å². The molecule has 0 aliphatic carbocycles. The van der Waals surface area contributed by atoms with Gasteiger partial charge in [0.25, 0.3) is 0 Å². The molecule has 0 saturated carbocycles. The van der Waals surface area contributed by atoms with Crippen molar-refractivity contribution in [1.29, 1.82) is 0 Å². The summed E-state index contributed by atoms with van der Waals surface area (Å²) in [7, 11) is 0. The molecule has 4 atom stereocenters. The van der Waals surface area contributed by atoms with Gasteiger partial charge in [0.15, 0.2) is 17.2 Å². The molecule has 24 heavy (non-hydrogen) atoms. The molecular weight excluding hydrogens is 330 g/mol. The molecule has 0 unspecified atom stereocenters. The zero-order chi connectivity index (χ0) is 17.3. The van der Waals surface area contributed by atoms with Crippen LogP contribution in [0.5, 0.6) is 0 Å². The number of fused-ring (bicyclic) bond motifs is 1. The summed E-state index contributed by atoms with van der Waals surface area (Å²) in [6.07, 6.45) is 4.96. The van der Waals surface area contributed by atoms with E-state index in [1.165, 1.54) is 6.33 Å². The molecule has 0 bridgehead atoms. The Kier molecular flexibility index (Phi) is 4.95. The smallest absolute Gasteiger partial charge is 0.167 e. The quantitative estimate of drug-likeness (QED) is 0.445. The standard InChI is InChI=1S/C15H23N5O3S/c1-2-3-4-5-15(12(24)11(22)9(6-21)23-15)20-8-19-10-13(16)17-7-18-14(10)20/h7-9,11-12,21-22,24H,2-6H2,1H3,(H2,16,17,18)/t9-,11-,12-,15-/m1/s1. The number of nitrogens with zero attached hydrogens (tertiary/aromatic N) is 4. The van der Waals surface area contributed by atoms with E-state index in [1.807, 2.05) is 0 Å². The van der Waals surface area contributed by atoms with Crippen LogP contribution in [-0.4, -0.2) is 53.8 Å². The van der Waals surface area contributed by atoms with Crippen molar-refractivity contribution in [2.75, 3.05) is 12.3 Å². The number of unbranched alkanes of at least 4 members (excludes halogenated alkanes) is 2. The third-order valence-corrected chi connectivity index (χ3v) is 5.32. The summed E-state index contributed by atoms with van der Waals surface area (Å²) < 4.78 is 7.88. The lowest BCUT2D eigenvalue weighted by Crippen LogP contribution is -2.42. The van der Waals surface area contributed by atoms with E-state index in [0.717, 1.165) is 19.3 Å². The van der Waals surface area contributed by atoms with E-state index in [4.69, 9.17) is 10.5 Å². The second kappa shape index (κ2) is 6.83. The maximum atomic E-state index is 10.4. The Morgan fingerprint density at radius 1 is 1.38 bits per heavy atom. The molecule has 2 aromatic heterocycles. The van der Waals surface area contributed by atoms with Crippen LogP contribution in [0.25, 0.3) is 11.2 Å². The molecule has 1 aliphatic heterocycles. The lowest BCUT2D eigenvalue weighted by atomic mass is 9.98. The van der Waals surface area contributed by atoms with Gasteiger partial charge in [-0.25, -0.2) is 15.0 Å². The zero-order valence-corrected chi connectivity index (χ0v) is 14.4. The molecule has 2 aromatic rings. The van der Waals surface area contributed by atoms with Crippen LogP contribution < -0.4 is 5.73 Å². The fourth-order valence-electron chi connectivity index (χ4n) is 3.30. The summed E-state index contributed by atoms with van der Waals surface area (Å²) in [5.74, 6) is 0.287. The van der Waals surface area contributed by atoms with Gasteiger partial charge in [-0.3, -0.25) is 4.57 Å². The molecular formula is C15H23N5O3S. The summed E-state index contributed by atoms with van der Waals surface area (Å²) in [4.78, 5) is 12.5. The third kappa shape index (κ3) is 2.65. The largest absolute Gasteiger partial charge is 0.394 e. The number of nitrogen functional groups attached to an aromatic ring is 1. The highest BCUT2D eigenvalue weighted by molar-refractivity contribution is 7.81. The Bertz CT molecular complexity index is 711. The van der Waals surface area contributed by atoms with E-state index in [-0.39, 0.29) is 12.4 Å². The normalized spacial score (nSPS) is 30.2. The number of aromatic nitrogens is 4. The van der Waals surface area contributed by atoms with Crippen molar-refractivity contribution in [3.63, 3.8) is 0 Å². The number of rotatable bonds is 6.